The first-order valence-electron chi connectivity index (χ1n) is 4.26. The fourth-order valence-electron chi connectivity index (χ4n) is 1.42. The van der Waals surface area contributed by atoms with Gasteiger partial charge in [0.05, 0.1) is 24.3 Å². The highest BCUT2D eigenvalue weighted by atomic mass is 35.5. The van der Waals surface area contributed by atoms with E-state index >= 15 is 0 Å². The van der Waals surface area contributed by atoms with E-state index in [2.05, 4.69) is 0 Å². The van der Waals surface area contributed by atoms with E-state index in [4.69, 9.17) is 21.1 Å². The molecule has 1 aliphatic rings. The van der Waals surface area contributed by atoms with Crippen molar-refractivity contribution in [3.8, 4) is 11.5 Å². The molecular formula is C10H9ClO3. The molecule has 0 saturated heterocycles. The Hall–Kier alpha value is -1.22. The van der Waals surface area contributed by atoms with Crippen LogP contribution in [-0.4, -0.2) is 19.5 Å². The van der Waals surface area contributed by atoms with Gasteiger partial charge in [0.2, 0.25) is 0 Å². The van der Waals surface area contributed by atoms with Crippen LogP contribution in [0.2, 0.25) is 5.02 Å². The number of ether oxygens (including phenoxy) is 2. The molecule has 14 heavy (non-hydrogen) atoms. The number of carbonyl (C=O) groups excluding carboxylic acids is 1. The summed E-state index contributed by atoms with van der Waals surface area (Å²) in [5.74, 6) is 1.10. The van der Waals surface area contributed by atoms with Gasteiger partial charge in [-0.2, -0.15) is 0 Å². The Morgan fingerprint density at radius 2 is 2.29 bits per heavy atom. The van der Waals surface area contributed by atoms with E-state index in [0.717, 1.165) is 0 Å². The van der Waals surface area contributed by atoms with Crippen LogP contribution in [0.15, 0.2) is 12.1 Å². The Morgan fingerprint density at radius 1 is 1.50 bits per heavy atom. The SMILES string of the molecule is COc1cc(Cl)c2c(c1)C(=O)CCO2. The zero-order valence-corrected chi connectivity index (χ0v) is 8.43. The predicted molar refractivity (Wildman–Crippen MR) is 52.4 cm³/mol. The van der Waals surface area contributed by atoms with Gasteiger partial charge in [-0.05, 0) is 6.07 Å². The van der Waals surface area contributed by atoms with Crippen molar-refractivity contribution in [2.24, 2.45) is 0 Å². The highest BCUT2D eigenvalue weighted by Crippen LogP contribution is 2.36. The smallest absolute Gasteiger partial charge is 0.170 e. The second-order valence-corrected chi connectivity index (χ2v) is 3.41. The summed E-state index contributed by atoms with van der Waals surface area (Å²) in [6, 6.07) is 3.29. The molecule has 1 aliphatic heterocycles. The Morgan fingerprint density at radius 3 is 3.00 bits per heavy atom. The molecule has 0 aromatic heterocycles. The second kappa shape index (κ2) is 3.50. The Balaban J connectivity index is 2.57. The van der Waals surface area contributed by atoms with Gasteiger partial charge >= 0.3 is 0 Å². The summed E-state index contributed by atoms with van der Waals surface area (Å²) in [4.78, 5) is 11.5. The number of hydrogen-bond donors (Lipinski definition) is 0. The quantitative estimate of drug-likeness (QED) is 0.717. The van der Waals surface area contributed by atoms with Crippen LogP contribution in [0.4, 0.5) is 0 Å². The van der Waals surface area contributed by atoms with Gasteiger partial charge in [0.25, 0.3) is 0 Å². The third kappa shape index (κ3) is 1.44. The fourth-order valence-corrected chi connectivity index (χ4v) is 1.68. The van der Waals surface area contributed by atoms with E-state index < -0.39 is 0 Å². The number of carbonyl (C=O) groups is 1. The van der Waals surface area contributed by atoms with Crippen LogP contribution < -0.4 is 9.47 Å². The average molecular weight is 213 g/mol. The summed E-state index contributed by atoms with van der Waals surface area (Å²) in [6.07, 6.45) is 0.399. The maximum Gasteiger partial charge on any atom is 0.170 e. The van der Waals surface area contributed by atoms with Gasteiger partial charge < -0.3 is 9.47 Å². The molecule has 1 aromatic rings. The maximum absolute atomic E-state index is 11.5. The van der Waals surface area contributed by atoms with Gasteiger partial charge in [-0.15, -0.1) is 0 Å². The third-order valence-corrected chi connectivity index (χ3v) is 2.41. The van der Waals surface area contributed by atoms with Crippen molar-refractivity contribution in [3.63, 3.8) is 0 Å². The fraction of sp³-hybridized carbons (Fsp3) is 0.300. The second-order valence-electron chi connectivity index (χ2n) is 3.01. The molecule has 3 nitrogen and oxygen atoms in total. The molecule has 2 rings (SSSR count). The van der Waals surface area contributed by atoms with Crippen molar-refractivity contribution in [3.05, 3.63) is 22.7 Å². The lowest BCUT2D eigenvalue weighted by atomic mass is 10.0. The van der Waals surface area contributed by atoms with Gasteiger partial charge in [0.1, 0.15) is 11.5 Å². The van der Waals surface area contributed by atoms with Gasteiger partial charge in [0.15, 0.2) is 5.78 Å². The molecule has 0 N–H and O–H groups in total. The van der Waals surface area contributed by atoms with Crippen LogP contribution in [0, 0.1) is 0 Å². The number of methoxy groups -OCH3 is 1. The van der Waals surface area contributed by atoms with E-state index in [1.54, 1.807) is 12.1 Å². The van der Waals surface area contributed by atoms with E-state index in [9.17, 15) is 4.79 Å². The first kappa shape index (κ1) is 9.34. The van der Waals surface area contributed by atoms with E-state index in [1.165, 1.54) is 7.11 Å². The number of rotatable bonds is 1. The Labute approximate surface area is 86.6 Å². The maximum atomic E-state index is 11.5. The lowest BCUT2D eigenvalue weighted by Gasteiger charge is -2.18. The number of hydrogen-bond acceptors (Lipinski definition) is 3. The highest BCUT2D eigenvalue weighted by Gasteiger charge is 2.22. The molecule has 0 fully saturated rings. The molecule has 0 unspecified atom stereocenters. The van der Waals surface area contributed by atoms with Crippen molar-refractivity contribution in [2.75, 3.05) is 13.7 Å². The summed E-state index contributed by atoms with van der Waals surface area (Å²) in [5.41, 5.74) is 0.514. The zero-order valence-electron chi connectivity index (χ0n) is 7.67. The average Bonchev–Trinajstić information content (AvgIpc) is 2.19. The van der Waals surface area contributed by atoms with Crippen LogP contribution in [0.25, 0.3) is 0 Å². The molecule has 4 heteroatoms. The zero-order chi connectivity index (χ0) is 10.1. The first-order valence-corrected chi connectivity index (χ1v) is 4.63. The molecular weight excluding hydrogens is 204 g/mol. The van der Waals surface area contributed by atoms with Gasteiger partial charge in [-0.1, -0.05) is 11.6 Å². The van der Waals surface area contributed by atoms with Gasteiger partial charge in [0, 0.05) is 12.5 Å². The number of ketones is 1. The largest absolute Gasteiger partial charge is 0.497 e. The number of Topliss-reactive ketones (excluding diaryl/α,β-unsaturated/α-hetero) is 1. The van der Waals surface area contributed by atoms with Crippen LogP contribution in [0.1, 0.15) is 16.8 Å². The number of benzene rings is 1. The summed E-state index contributed by atoms with van der Waals surface area (Å²) in [6.45, 7) is 0.401. The van der Waals surface area contributed by atoms with E-state index in [1.807, 2.05) is 0 Å². The molecule has 0 spiro atoms. The molecule has 0 aliphatic carbocycles. The van der Waals surface area contributed by atoms with Crippen molar-refractivity contribution >= 4 is 17.4 Å². The van der Waals surface area contributed by atoms with Crippen molar-refractivity contribution < 1.29 is 14.3 Å². The van der Waals surface area contributed by atoms with Crippen LogP contribution >= 0.6 is 11.6 Å². The van der Waals surface area contributed by atoms with Gasteiger partial charge in [-0.3, -0.25) is 4.79 Å². The highest BCUT2D eigenvalue weighted by molar-refractivity contribution is 6.33. The Kier molecular flexibility index (Phi) is 2.33. The molecule has 0 radical (unpaired) electrons. The third-order valence-electron chi connectivity index (χ3n) is 2.13. The number of halogens is 1. The molecule has 0 atom stereocenters. The molecule has 0 bridgehead atoms. The minimum Gasteiger partial charge on any atom is -0.497 e. The van der Waals surface area contributed by atoms with E-state index in [0.29, 0.717) is 35.1 Å². The van der Waals surface area contributed by atoms with Crippen molar-refractivity contribution in [2.45, 2.75) is 6.42 Å². The Bertz CT molecular complexity index is 387. The normalized spacial score (nSPS) is 14.6. The van der Waals surface area contributed by atoms with Crippen LogP contribution in [0.3, 0.4) is 0 Å². The van der Waals surface area contributed by atoms with Crippen molar-refractivity contribution in [1.82, 2.24) is 0 Å². The van der Waals surface area contributed by atoms with Crippen molar-refractivity contribution in [1.29, 1.82) is 0 Å². The van der Waals surface area contributed by atoms with Crippen LogP contribution in [0.5, 0.6) is 11.5 Å². The first-order chi connectivity index (χ1) is 6.72. The predicted octanol–water partition coefficient (Wildman–Crippen LogP) is 2.31. The summed E-state index contributed by atoms with van der Waals surface area (Å²) < 4.78 is 10.3. The number of fused-ring (bicyclic) bond motifs is 1. The molecule has 1 heterocycles. The molecule has 0 saturated carbocycles. The minimum absolute atomic E-state index is 0.0482. The topological polar surface area (TPSA) is 35.5 Å². The molecule has 74 valence electrons. The monoisotopic (exact) mass is 212 g/mol. The standard InChI is InChI=1S/C10H9ClO3/c1-13-6-4-7-9(12)2-3-14-10(7)8(11)5-6/h4-5H,2-3H2,1H3. The van der Waals surface area contributed by atoms with Crippen LogP contribution in [-0.2, 0) is 0 Å². The molecule has 0 amide bonds. The summed E-state index contributed by atoms with van der Waals surface area (Å²) >= 11 is 5.93. The minimum atomic E-state index is 0.0482. The lowest BCUT2D eigenvalue weighted by molar-refractivity contribution is 0.0933. The van der Waals surface area contributed by atoms with Gasteiger partial charge in [-0.25, -0.2) is 0 Å². The summed E-state index contributed by atoms with van der Waals surface area (Å²) in [7, 11) is 1.53. The summed E-state index contributed by atoms with van der Waals surface area (Å²) in [5, 5.41) is 0.424. The molecule has 1 aromatic carbocycles. The lowest BCUT2D eigenvalue weighted by Crippen LogP contribution is -2.15. The van der Waals surface area contributed by atoms with E-state index in [-0.39, 0.29) is 5.78 Å².